The molecule has 0 aliphatic rings. The first-order valence-corrected chi connectivity index (χ1v) is 8.51. The quantitative estimate of drug-likeness (QED) is 0.480. The summed E-state index contributed by atoms with van der Waals surface area (Å²) in [5.74, 6) is 0.598. The summed E-state index contributed by atoms with van der Waals surface area (Å²) in [6.07, 6.45) is 14.1. The number of nitrogens with zero attached hydrogens (tertiary/aromatic N) is 2. The van der Waals surface area contributed by atoms with Gasteiger partial charge in [-0.25, -0.2) is 9.36 Å². The van der Waals surface area contributed by atoms with Crippen molar-refractivity contribution in [3.8, 4) is 5.75 Å². The molecule has 0 aliphatic heterocycles. The molecule has 0 aliphatic carbocycles. The molecule has 0 saturated heterocycles. The lowest BCUT2D eigenvalue weighted by Gasteiger charge is -2.09. The van der Waals surface area contributed by atoms with Gasteiger partial charge in [0.2, 0.25) is 6.20 Å². The zero-order valence-electron chi connectivity index (χ0n) is 14.4. The van der Waals surface area contributed by atoms with Crippen LogP contribution in [0.15, 0.2) is 24.5 Å². The van der Waals surface area contributed by atoms with Crippen LogP contribution in [-0.2, 0) is 6.54 Å². The predicted molar refractivity (Wildman–Crippen MR) is 89.0 cm³/mol. The molecule has 0 N–H and O–H groups in total. The van der Waals surface area contributed by atoms with Crippen LogP contribution in [-0.4, -0.2) is 25.1 Å². The summed E-state index contributed by atoms with van der Waals surface area (Å²) in [6.45, 7) is 3.23. The molecule has 0 aromatic carbocycles. The van der Waals surface area contributed by atoms with Gasteiger partial charge < -0.3 is 9.64 Å². The van der Waals surface area contributed by atoms with E-state index in [1.807, 2.05) is 24.5 Å². The highest BCUT2D eigenvalue weighted by molar-refractivity contribution is 5.69. The van der Waals surface area contributed by atoms with Crippen LogP contribution in [0.1, 0.15) is 58.3 Å². The highest BCUT2D eigenvalue weighted by atomic mass is 16.6. The van der Waals surface area contributed by atoms with Gasteiger partial charge in [-0.3, -0.25) is 0 Å². The Balaban J connectivity index is 2.22. The fraction of sp³-hybridized carbons (Fsp3) is 0.667. The molecule has 1 aromatic heterocycles. The number of carbonyl (C=O) groups is 1. The molecule has 0 atom stereocenters. The molecule has 4 heteroatoms. The standard InChI is InChI=1S/C18H31N2O2/c1-4-5-6-7-8-9-10-11-14-20-15-12-13-17(16-20)22-18(21)19(2)3/h12-13,15-16H,4-11,14H2,1-3H3/q+1. The molecule has 1 amide bonds. The minimum absolute atomic E-state index is 0.343. The highest BCUT2D eigenvalue weighted by Crippen LogP contribution is 2.09. The van der Waals surface area contributed by atoms with Crippen molar-refractivity contribution in [2.24, 2.45) is 0 Å². The Bertz CT molecular complexity index is 433. The average molecular weight is 307 g/mol. The smallest absolute Gasteiger partial charge is 0.404 e. The minimum atomic E-state index is -0.343. The first-order valence-electron chi connectivity index (χ1n) is 8.51. The lowest BCUT2D eigenvalue weighted by Crippen LogP contribution is -2.33. The largest absolute Gasteiger partial charge is 0.414 e. The van der Waals surface area contributed by atoms with E-state index in [9.17, 15) is 4.79 Å². The van der Waals surface area contributed by atoms with E-state index in [-0.39, 0.29) is 6.09 Å². The van der Waals surface area contributed by atoms with E-state index in [2.05, 4.69) is 11.5 Å². The number of unbranched alkanes of at least 4 members (excludes halogenated alkanes) is 7. The summed E-state index contributed by atoms with van der Waals surface area (Å²) in [4.78, 5) is 13.0. The van der Waals surface area contributed by atoms with Gasteiger partial charge in [-0.05, 0) is 12.5 Å². The maximum atomic E-state index is 11.5. The van der Waals surface area contributed by atoms with Gasteiger partial charge in [-0.2, -0.15) is 0 Å². The van der Waals surface area contributed by atoms with E-state index in [0.29, 0.717) is 5.75 Å². The van der Waals surface area contributed by atoms with Crippen molar-refractivity contribution in [1.29, 1.82) is 0 Å². The average Bonchev–Trinajstić information content (AvgIpc) is 2.50. The van der Waals surface area contributed by atoms with Crippen LogP contribution in [0.4, 0.5) is 4.79 Å². The SMILES string of the molecule is CCCCCCCCCC[n+]1cccc(OC(=O)N(C)C)c1. The van der Waals surface area contributed by atoms with E-state index < -0.39 is 0 Å². The zero-order chi connectivity index (χ0) is 16.2. The Morgan fingerprint density at radius 1 is 1.09 bits per heavy atom. The Labute approximate surface area is 135 Å². The van der Waals surface area contributed by atoms with Crippen LogP contribution in [0.5, 0.6) is 5.75 Å². The van der Waals surface area contributed by atoms with Crippen molar-refractivity contribution in [2.45, 2.75) is 64.8 Å². The fourth-order valence-corrected chi connectivity index (χ4v) is 2.32. The molecule has 4 nitrogen and oxygen atoms in total. The molecule has 1 heterocycles. The first-order chi connectivity index (χ1) is 10.6. The second-order valence-corrected chi connectivity index (χ2v) is 6.01. The van der Waals surface area contributed by atoms with Crippen LogP contribution in [0, 0.1) is 0 Å². The van der Waals surface area contributed by atoms with Crippen LogP contribution in [0.25, 0.3) is 0 Å². The van der Waals surface area contributed by atoms with Crippen molar-refractivity contribution in [2.75, 3.05) is 14.1 Å². The monoisotopic (exact) mass is 307 g/mol. The summed E-state index contributed by atoms with van der Waals surface area (Å²) >= 11 is 0. The van der Waals surface area contributed by atoms with Gasteiger partial charge in [-0.15, -0.1) is 0 Å². The lowest BCUT2D eigenvalue weighted by atomic mass is 10.1. The molecule has 124 valence electrons. The van der Waals surface area contributed by atoms with E-state index in [4.69, 9.17) is 4.74 Å². The second kappa shape index (κ2) is 11.0. The van der Waals surface area contributed by atoms with Gasteiger partial charge in [-0.1, -0.05) is 45.4 Å². The maximum Gasteiger partial charge on any atom is 0.414 e. The summed E-state index contributed by atoms with van der Waals surface area (Å²) in [6, 6.07) is 3.73. The maximum absolute atomic E-state index is 11.5. The number of rotatable bonds is 10. The minimum Gasteiger partial charge on any atom is -0.404 e. The van der Waals surface area contributed by atoms with Crippen molar-refractivity contribution < 1.29 is 14.1 Å². The van der Waals surface area contributed by atoms with Crippen LogP contribution >= 0.6 is 0 Å². The Hall–Kier alpha value is -1.58. The first kappa shape index (κ1) is 18.5. The van der Waals surface area contributed by atoms with Gasteiger partial charge in [0, 0.05) is 26.6 Å². The highest BCUT2D eigenvalue weighted by Gasteiger charge is 2.10. The van der Waals surface area contributed by atoms with E-state index in [1.165, 1.54) is 56.3 Å². The van der Waals surface area contributed by atoms with Gasteiger partial charge in [0.05, 0.1) is 0 Å². The summed E-state index contributed by atoms with van der Waals surface area (Å²) in [5, 5.41) is 0. The molecule has 0 radical (unpaired) electrons. The van der Waals surface area contributed by atoms with Crippen molar-refractivity contribution in [3.05, 3.63) is 24.5 Å². The van der Waals surface area contributed by atoms with Crippen LogP contribution in [0.2, 0.25) is 0 Å². The number of hydrogen-bond donors (Lipinski definition) is 0. The second-order valence-electron chi connectivity index (χ2n) is 6.01. The third-order valence-electron chi connectivity index (χ3n) is 3.67. The lowest BCUT2D eigenvalue weighted by molar-refractivity contribution is -0.697. The van der Waals surface area contributed by atoms with Crippen molar-refractivity contribution >= 4 is 6.09 Å². The van der Waals surface area contributed by atoms with Crippen molar-refractivity contribution in [3.63, 3.8) is 0 Å². The molecule has 22 heavy (non-hydrogen) atoms. The Morgan fingerprint density at radius 3 is 2.36 bits per heavy atom. The summed E-state index contributed by atoms with van der Waals surface area (Å²) < 4.78 is 7.36. The molecule has 0 spiro atoms. The Kier molecular flexibility index (Phi) is 9.28. The zero-order valence-corrected chi connectivity index (χ0v) is 14.4. The summed E-state index contributed by atoms with van der Waals surface area (Å²) in [7, 11) is 3.36. The molecule has 0 saturated carbocycles. The van der Waals surface area contributed by atoms with Gasteiger partial charge >= 0.3 is 6.09 Å². The summed E-state index contributed by atoms with van der Waals surface area (Å²) in [5.41, 5.74) is 0. The predicted octanol–water partition coefficient (Wildman–Crippen LogP) is 4.18. The van der Waals surface area contributed by atoms with E-state index >= 15 is 0 Å². The van der Waals surface area contributed by atoms with Gasteiger partial charge in [0.15, 0.2) is 11.9 Å². The Morgan fingerprint density at radius 2 is 1.73 bits per heavy atom. The third kappa shape index (κ3) is 8.01. The van der Waals surface area contributed by atoms with E-state index in [0.717, 1.165) is 6.54 Å². The normalized spacial score (nSPS) is 10.5. The molecule has 1 aromatic rings. The molecular weight excluding hydrogens is 276 g/mol. The number of aryl methyl sites for hydroxylation is 1. The number of ether oxygens (including phenoxy) is 1. The topological polar surface area (TPSA) is 33.4 Å². The molecular formula is C18H31N2O2+. The molecule has 0 fully saturated rings. The fourth-order valence-electron chi connectivity index (χ4n) is 2.32. The molecule has 1 rings (SSSR count). The van der Waals surface area contributed by atoms with Crippen molar-refractivity contribution in [1.82, 2.24) is 4.90 Å². The van der Waals surface area contributed by atoms with Crippen LogP contribution < -0.4 is 9.30 Å². The molecule has 0 unspecified atom stereocenters. The molecule has 0 bridgehead atoms. The van der Waals surface area contributed by atoms with E-state index in [1.54, 1.807) is 14.1 Å². The number of pyridine rings is 1. The van der Waals surface area contributed by atoms with Crippen LogP contribution in [0.3, 0.4) is 0 Å². The van der Waals surface area contributed by atoms with Gasteiger partial charge in [0.1, 0.15) is 6.54 Å². The number of hydrogen-bond acceptors (Lipinski definition) is 2. The number of carbonyl (C=O) groups excluding carboxylic acids is 1. The number of aromatic nitrogens is 1. The van der Waals surface area contributed by atoms with Gasteiger partial charge in [0.25, 0.3) is 0 Å². The number of amides is 1. The third-order valence-corrected chi connectivity index (χ3v) is 3.67.